The molecule has 0 saturated heterocycles. The molecule has 0 aliphatic heterocycles. The van der Waals surface area contributed by atoms with Crippen LogP contribution in [0.1, 0.15) is 12.5 Å². The van der Waals surface area contributed by atoms with Crippen molar-refractivity contribution in [2.45, 2.75) is 13.3 Å². The third-order valence-electron chi connectivity index (χ3n) is 1.67. The van der Waals surface area contributed by atoms with Gasteiger partial charge in [0.05, 0.1) is 0 Å². The van der Waals surface area contributed by atoms with Gasteiger partial charge in [0.2, 0.25) is 0 Å². The Morgan fingerprint density at radius 3 is 2.36 bits per heavy atom. The second-order valence-electron chi connectivity index (χ2n) is 2.35. The Morgan fingerprint density at radius 1 is 1.27 bits per heavy atom. The molecule has 0 spiro atoms. The zero-order valence-corrected chi connectivity index (χ0v) is 7.50. The Morgan fingerprint density at radius 2 is 1.91 bits per heavy atom. The molecule has 0 amide bonds. The highest BCUT2D eigenvalue weighted by Crippen LogP contribution is 2.00. The summed E-state index contributed by atoms with van der Waals surface area (Å²) in [5, 5.41) is 0.301. The topological polar surface area (TPSA) is 0 Å². The van der Waals surface area contributed by atoms with E-state index >= 15 is 0 Å². The molecule has 1 aromatic rings. The number of halogens is 2. The first kappa shape index (κ1) is 8.39. The molecule has 3 heteroatoms. The minimum Gasteiger partial charge on any atom is -0.269 e. The van der Waals surface area contributed by atoms with E-state index in [2.05, 4.69) is 0 Å². The van der Waals surface area contributed by atoms with E-state index in [-0.39, 0.29) is 0 Å². The first-order valence-corrected chi connectivity index (χ1v) is 5.06. The molecule has 0 atom stereocenters. The first-order chi connectivity index (χ1) is 5.25. The molecule has 1 rings (SSSR count). The Bertz CT molecular complexity index is 235. The van der Waals surface area contributed by atoms with Crippen LogP contribution < -0.4 is 5.19 Å². The zero-order valence-electron chi connectivity index (χ0n) is 6.35. The molecule has 0 unspecified atom stereocenters. The van der Waals surface area contributed by atoms with E-state index in [1.165, 1.54) is 6.07 Å². The van der Waals surface area contributed by atoms with E-state index in [1.807, 2.05) is 6.92 Å². The molecule has 0 fully saturated rings. The first-order valence-electron chi connectivity index (χ1n) is 3.61. The molecule has 0 aromatic heterocycles. The average Bonchev–Trinajstić information content (AvgIpc) is 2.04. The van der Waals surface area contributed by atoms with Crippen LogP contribution in [0.4, 0.5) is 8.22 Å². The highest BCUT2D eigenvalue weighted by Gasteiger charge is 2.13. The van der Waals surface area contributed by atoms with Gasteiger partial charge in [0.1, 0.15) is 0 Å². The highest BCUT2D eigenvalue weighted by atomic mass is 28.4. The zero-order chi connectivity index (χ0) is 8.27. The molecule has 60 valence electrons. The van der Waals surface area contributed by atoms with Crippen LogP contribution in [-0.2, 0) is 6.42 Å². The second kappa shape index (κ2) is 3.62. The molecule has 1 aromatic carbocycles. The summed E-state index contributed by atoms with van der Waals surface area (Å²) in [6.07, 6.45) is 0.702. The molecular formula is C8H10F2Si. The lowest BCUT2D eigenvalue weighted by atomic mass is 10.2. The normalized spacial score (nSPS) is 10.5. The Kier molecular flexibility index (Phi) is 2.76. The van der Waals surface area contributed by atoms with Crippen molar-refractivity contribution < 1.29 is 8.22 Å². The van der Waals surface area contributed by atoms with Crippen molar-refractivity contribution in [2.75, 3.05) is 0 Å². The van der Waals surface area contributed by atoms with Crippen molar-refractivity contribution >= 4 is 14.7 Å². The number of hydrogen-bond acceptors (Lipinski definition) is 0. The largest absolute Gasteiger partial charge is 0.441 e. The number of rotatable bonds is 2. The van der Waals surface area contributed by atoms with Crippen LogP contribution in [0.5, 0.6) is 0 Å². The van der Waals surface area contributed by atoms with Gasteiger partial charge >= 0.3 is 9.46 Å². The second-order valence-corrected chi connectivity index (χ2v) is 3.58. The maximum atomic E-state index is 12.4. The standard InChI is InChI=1S/C8H10F2Si/c1-2-7-5-3-4-6-8(7)11(9)10/h3-6,11H,2H2,1H3. The molecule has 0 heterocycles. The van der Waals surface area contributed by atoms with Crippen LogP contribution in [-0.4, -0.2) is 9.46 Å². The smallest absolute Gasteiger partial charge is 0.269 e. The fraction of sp³-hybridized carbons (Fsp3) is 0.250. The summed E-state index contributed by atoms with van der Waals surface area (Å²) in [6.45, 7) is 1.90. The summed E-state index contributed by atoms with van der Waals surface area (Å²) >= 11 is 0. The lowest BCUT2D eigenvalue weighted by Gasteiger charge is -2.03. The predicted octanol–water partition coefficient (Wildman–Crippen LogP) is 1.62. The maximum Gasteiger partial charge on any atom is 0.441 e. The van der Waals surface area contributed by atoms with E-state index in [9.17, 15) is 8.22 Å². The SMILES string of the molecule is CCc1ccccc1[SiH](F)F. The van der Waals surface area contributed by atoms with Gasteiger partial charge < -0.3 is 0 Å². The predicted molar refractivity (Wildman–Crippen MR) is 44.8 cm³/mol. The van der Waals surface area contributed by atoms with Crippen LogP contribution in [0.15, 0.2) is 24.3 Å². The molecule has 0 bridgehead atoms. The Balaban J connectivity index is 3.02. The third kappa shape index (κ3) is 1.86. The number of benzene rings is 1. The van der Waals surface area contributed by atoms with Crippen LogP contribution in [0.2, 0.25) is 0 Å². The molecule has 0 nitrogen and oxygen atoms in total. The Hall–Kier alpha value is -0.703. The van der Waals surface area contributed by atoms with E-state index in [1.54, 1.807) is 18.2 Å². The Labute approximate surface area is 66.8 Å². The fourth-order valence-corrected chi connectivity index (χ4v) is 1.91. The van der Waals surface area contributed by atoms with Gasteiger partial charge in [-0.2, -0.15) is 0 Å². The van der Waals surface area contributed by atoms with Gasteiger partial charge in [-0.1, -0.05) is 31.2 Å². The monoisotopic (exact) mass is 172 g/mol. The molecular weight excluding hydrogens is 162 g/mol. The minimum atomic E-state index is -3.59. The summed E-state index contributed by atoms with van der Waals surface area (Å²) in [7, 11) is -3.59. The quantitative estimate of drug-likeness (QED) is 0.469. The van der Waals surface area contributed by atoms with Crippen molar-refractivity contribution in [3.05, 3.63) is 29.8 Å². The molecule has 0 saturated carbocycles. The molecule has 0 aliphatic carbocycles. The maximum absolute atomic E-state index is 12.4. The van der Waals surface area contributed by atoms with Gasteiger partial charge in [0, 0.05) is 5.19 Å². The van der Waals surface area contributed by atoms with E-state index < -0.39 is 9.46 Å². The number of aryl methyl sites for hydroxylation is 1. The van der Waals surface area contributed by atoms with E-state index in [0.717, 1.165) is 5.56 Å². The summed E-state index contributed by atoms with van der Waals surface area (Å²) in [5.74, 6) is 0. The molecule has 0 aliphatic rings. The summed E-state index contributed by atoms with van der Waals surface area (Å²) in [6, 6.07) is 6.79. The lowest BCUT2D eigenvalue weighted by Crippen LogP contribution is -2.24. The van der Waals surface area contributed by atoms with E-state index in [0.29, 0.717) is 11.6 Å². The van der Waals surface area contributed by atoms with Crippen molar-refractivity contribution in [1.29, 1.82) is 0 Å². The fourth-order valence-electron chi connectivity index (χ4n) is 1.07. The van der Waals surface area contributed by atoms with Gasteiger partial charge in [0.25, 0.3) is 0 Å². The molecule has 0 N–H and O–H groups in total. The van der Waals surface area contributed by atoms with Crippen molar-refractivity contribution in [1.82, 2.24) is 0 Å². The summed E-state index contributed by atoms with van der Waals surface area (Å²) < 4.78 is 24.7. The van der Waals surface area contributed by atoms with Gasteiger partial charge in [-0.05, 0) is 12.0 Å². The van der Waals surface area contributed by atoms with Crippen molar-refractivity contribution in [3.8, 4) is 0 Å². The minimum absolute atomic E-state index is 0.301. The van der Waals surface area contributed by atoms with Gasteiger partial charge in [-0.3, -0.25) is 8.22 Å². The summed E-state index contributed by atoms with van der Waals surface area (Å²) in [4.78, 5) is 0. The van der Waals surface area contributed by atoms with Crippen LogP contribution >= 0.6 is 0 Å². The van der Waals surface area contributed by atoms with E-state index in [4.69, 9.17) is 0 Å². The van der Waals surface area contributed by atoms with Crippen molar-refractivity contribution in [2.24, 2.45) is 0 Å². The van der Waals surface area contributed by atoms with Crippen LogP contribution in [0.25, 0.3) is 0 Å². The van der Waals surface area contributed by atoms with Crippen molar-refractivity contribution in [3.63, 3.8) is 0 Å². The third-order valence-corrected chi connectivity index (χ3v) is 2.70. The van der Waals surface area contributed by atoms with Crippen LogP contribution in [0, 0.1) is 0 Å². The summed E-state index contributed by atoms with van der Waals surface area (Å²) in [5.41, 5.74) is 0.800. The van der Waals surface area contributed by atoms with Gasteiger partial charge in [-0.25, -0.2) is 0 Å². The molecule has 11 heavy (non-hydrogen) atoms. The van der Waals surface area contributed by atoms with Gasteiger partial charge in [0.15, 0.2) is 0 Å². The lowest BCUT2D eigenvalue weighted by molar-refractivity contribution is 0.684. The molecule has 0 radical (unpaired) electrons. The number of hydrogen-bond donors (Lipinski definition) is 0. The van der Waals surface area contributed by atoms with Crippen LogP contribution in [0.3, 0.4) is 0 Å². The van der Waals surface area contributed by atoms with Gasteiger partial charge in [-0.15, -0.1) is 0 Å². The highest BCUT2D eigenvalue weighted by molar-refractivity contribution is 6.60. The average molecular weight is 172 g/mol.